The van der Waals surface area contributed by atoms with Gasteiger partial charge in [0.25, 0.3) is 0 Å². The standard InChI is InChI=1S/C24H29N7O/c1-15(2)5-6-20-21(12-31(4)30-20)29-23-26-8-7-19(28-23)16-9-17(11-25)22-18(10-16)24(3,14-32)13-27-22/h7-10,12,15,27,32H,5-6,13-14H2,1-4H3,(H,26,28,29)/t24-/m1/s1. The molecule has 1 aliphatic heterocycles. The maximum atomic E-state index is 9.94. The molecule has 3 aromatic rings. The Morgan fingerprint density at radius 3 is 2.91 bits per heavy atom. The lowest BCUT2D eigenvalue weighted by Crippen LogP contribution is -2.28. The molecule has 0 saturated carbocycles. The van der Waals surface area contributed by atoms with Crippen LogP contribution in [0.5, 0.6) is 0 Å². The van der Waals surface area contributed by atoms with Gasteiger partial charge in [-0.25, -0.2) is 9.97 Å². The Kier molecular flexibility index (Phi) is 5.85. The Morgan fingerprint density at radius 1 is 1.38 bits per heavy atom. The quantitative estimate of drug-likeness (QED) is 0.522. The summed E-state index contributed by atoms with van der Waals surface area (Å²) in [4.78, 5) is 9.10. The number of hydrogen-bond acceptors (Lipinski definition) is 7. The van der Waals surface area contributed by atoms with Gasteiger partial charge in [0.2, 0.25) is 5.95 Å². The highest BCUT2D eigenvalue weighted by Gasteiger charge is 2.36. The first-order chi connectivity index (χ1) is 15.3. The van der Waals surface area contributed by atoms with Crippen molar-refractivity contribution in [3.8, 4) is 17.3 Å². The van der Waals surface area contributed by atoms with Gasteiger partial charge in [-0.1, -0.05) is 20.8 Å². The fourth-order valence-corrected chi connectivity index (χ4v) is 4.01. The summed E-state index contributed by atoms with van der Waals surface area (Å²) in [6.07, 6.45) is 5.57. The molecule has 0 spiro atoms. The molecule has 2 aromatic heterocycles. The van der Waals surface area contributed by atoms with Crippen LogP contribution < -0.4 is 10.6 Å². The summed E-state index contributed by atoms with van der Waals surface area (Å²) < 4.78 is 1.80. The molecule has 0 fully saturated rings. The first-order valence-corrected chi connectivity index (χ1v) is 10.9. The Morgan fingerprint density at radius 2 is 2.19 bits per heavy atom. The number of fused-ring (bicyclic) bond motifs is 1. The normalized spacial score (nSPS) is 17.2. The van der Waals surface area contributed by atoms with Crippen LogP contribution in [0.15, 0.2) is 30.6 Å². The Labute approximate surface area is 188 Å². The summed E-state index contributed by atoms with van der Waals surface area (Å²) in [5.41, 5.74) is 5.26. The molecular formula is C24H29N7O. The van der Waals surface area contributed by atoms with E-state index >= 15 is 0 Å². The summed E-state index contributed by atoms with van der Waals surface area (Å²) >= 11 is 0. The van der Waals surface area contributed by atoms with Gasteiger partial charge in [-0.05, 0) is 42.5 Å². The SMILES string of the molecule is CC(C)CCc1nn(C)cc1Nc1nccc(-c2cc(C#N)c3c(c2)[C@@](C)(CO)CN3)n1. The molecule has 3 heterocycles. The van der Waals surface area contributed by atoms with Crippen LogP contribution in [-0.2, 0) is 18.9 Å². The first kappa shape index (κ1) is 21.8. The topological polar surface area (TPSA) is 112 Å². The van der Waals surface area contributed by atoms with Crippen LogP contribution >= 0.6 is 0 Å². The van der Waals surface area contributed by atoms with E-state index in [1.165, 1.54) is 0 Å². The fraction of sp³-hybridized carbons (Fsp3) is 0.417. The van der Waals surface area contributed by atoms with E-state index in [1.54, 1.807) is 10.9 Å². The lowest BCUT2D eigenvalue weighted by molar-refractivity contribution is 0.219. The summed E-state index contributed by atoms with van der Waals surface area (Å²) in [5.74, 6) is 1.07. The van der Waals surface area contributed by atoms with Crippen LogP contribution in [0.25, 0.3) is 11.3 Å². The molecule has 4 rings (SSSR count). The zero-order valence-corrected chi connectivity index (χ0v) is 19.0. The van der Waals surface area contributed by atoms with Gasteiger partial charge in [0.1, 0.15) is 6.07 Å². The second-order valence-corrected chi connectivity index (χ2v) is 9.12. The average molecular weight is 432 g/mol. The molecule has 0 saturated heterocycles. The fourth-order valence-electron chi connectivity index (χ4n) is 4.01. The molecule has 0 bridgehead atoms. The minimum absolute atomic E-state index is 0.00192. The second kappa shape index (κ2) is 8.60. The third-order valence-electron chi connectivity index (χ3n) is 5.97. The number of hydrogen-bond donors (Lipinski definition) is 3. The highest BCUT2D eigenvalue weighted by Crippen LogP contribution is 2.41. The summed E-state index contributed by atoms with van der Waals surface area (Å²) in [5, 5.41) is 30.8. The van der Waals surface area contributed by atoms with Crippen molar-refractivity contribution in [1.29, 1.82) is 5.26 Å². The number of anilines is 3. The van der Waals surface area contributed by atoms with E-state index in [2.05, 4.69) is 40.6 Å². The van der Waals surface area contributed by atoms with E-state index in [4.69, 9.17) is 4.98 Å². The molecular weight excluding hydrogens is 402 g/mol. The predicted molar refractivity (Wildman–Crippen MR) is 125 cm³/mol. The number of nitriles is 1. The van der Waals surface area contributed by atoms with Crippen LogP contribution in [0.1, 0.15) is 44.0 Å². The van der Waals surface area contributed by atoms with Gasteiger partial charge in [0, 0.05) is 37.0 Å². The second-order valence-electron chi connectivity index (χ2n) is 9.12. The summed E-state index contributed by atoms with van der Waals surface area (Å²) in [6, 6.07) is 7.95. The van der Waals surface area contributed by atoms with Gasteiger partial charge in [-0.2, -0.15) is 10.4 Å². The van der Waals surface area contributed by atoms with Crippen LogP contribution in [0.3, 0.4) is 0 Å². The maximum Gasteiger partial charge on any atom is 0.227 e. The van der Waals surface area contributed by atoms with Crippen molar-refractivity contribution in [3.63, 3.8) is 0 Å². The highest BCUT2D eigenvalue weighted by atomic mass is 16.3. The molecule has 0 radical (unpaired) electrons. The van der Waals surface area contributed by atoms with E-state index in [0.717, 1.165) is 41.0 Å². The van der Waals surface area contributed by atoms with Crippen LogP contribution in [0.2, 0.25) is 0 Å². The van der Waals surface area contributed by atoms with Gasteiger partial charge < -0.3 is 15.7 Å². The van der Waals surface area contributed by atoms with Crippen LogP contribution in [0.4, 0.5) is 17.3 Å². The van der Waals surface area contributed by atoms with E-state index in [9.17, 15) is 10.4 Å². The third-order valence-corrected chi connectivity index (χ3v) is 5.97. The van der Waals surface area contributed by atoms with Gasteiger partial charge in [-0.3, -0.25) is 4.68 Å². The number of aliphatic hydroxyl groups excluding tert-OH is 1. The predicted octanol–water partition coefficient (Wildman–Crippen LogP) is 3.76. The molecule has 32 heavy (non-hydrogen) atoms. The number of rotatable bonds is 7. The van der Waals surface area contributed by atoms with E-state index in [0.29, 0.717) is 29.7 Å². The third kappa shape index (κ3) is 4.16. The van der Waals surface area contributed by atoms with Gasteiger partial charge in [0.05, 0.1) is 34.9 Å². The zero-order valence-electron chi connectivity index (χ0n) is 19.0. The molecule has 1 aromatic carbocycles. The minimum atomic E-state index is -0.438. The lowest BCUT2D eigenvalue weighted by Gasteiger charge is -2.21. The largest absolute Gasteiger partial charge is 0.395 e. The molecule has 8 nitrogen and oxygen atoms in total. The average Bonchev–Trinajstić information content (AvgIpc) is 3.31. The van der Waals surface area contributed by atoms with E-state index in [-0.39, 0.29) is 6.61 Å². The number of benzene rings is 1. The number of aryl methyl sites for hydroxylation is 2. The van der Waals surface area contributed by atoms with Crippen molar-refractivity contribution < 1.29 is 5.11 Å². The van der Waals surface area contributed by atoms with Gasteiger partial charge in [-0.15, -0.1) is 0 Å². The monoisotopic (exact) mass is 431 g/mol. The number of aromatic nitrogens is 4. The smallest absolute Gasteiger partial charge is 0.227 e. The Bertz CT molecular complexity index is 1180. The minimum Gasteiger partial charge on any atom is -0.395 e. The van der Waals surface area contributed by atoms with Crippen molar-refractivity contribution >= 4 is 17.3 Å². The molecule has 166 valence electrons. The lowest BCUT2D eigenvalue weighted by atomic mass is 9.83. The van der Waals surface area contributed by atoms with Gasteiger partial charge in [0.15, 0.2) is 0 Å². The summed E-state index contributed by atoms with van der Waals surface area (Å²) in [6.45, 7) is 6.98. The van der Waals surface area contributed by atoms with Crippen LogP contribution in [0, 0.1) is 17.2 Å². The summed E-state index contributed by atoms with van der Waals surface area (Å²) in [7, 11) is 1.90. The van der Waals surface area contributed by atoms with Crippen molar-refractivity contribution in [2.75, 3.05) is 23.8 Å². The van der Waals surface area contributed by atoms with Crippen molar-refractivity contribution in [1.82, 2.24) is 19.7 Å². The molecule has 1 aliphatic rings. The van der Waals surface area contributed by atoms with Crippen molar-refractivity contribution in [3.05, 3.63) is 47.4 Å². The molecule has 8 heteroatoms. The molecule has 0 unspecified atom stereocenters. The molecule has 0 amide bonds. The van der Waals surface area contributed by atoms with E-state index in [1.807, 2.05) is 38.4 Å². The number of nitrogens with one attached hydrogen (secondary N) is 2. The van der Waals surface area contributed by atoms with Crippen molar-refractivity contribution in [2.45, 2.75) is 39.0 Å². The Balaban J connectivity index is 1.67. The van der Waals surface area contributed by atoms with E-state index < -0.39 is 5.41 Å². The molecule has 3 N–H and O–H groups in total. The van der Waals surface area contributed by atoms with Gasteiger partial charge >= 0.3 is 0 Å². The molecule has 1 atom stereocenters. The first-order valence-electron chi connectivity index (χ1n) is 10.9. The zero-order chi connectivity index (χ0) is 22.9. The Hall–Kier alpha value is -3.44. The molecule has 0 aliphatic carbocycles. The van der Waals surface area contributed by atoms with Crippen molar-refractivity contribution in [2.24, 2.45) is 13.0 Å². The maximum absolute atomic E-state index is 9.94. The highest BCUT2D eigenvalue weighted by molar-refractivity contribution is 5.76. The number of nitrogens with zero attached hydrogens (tertiary/aromatic N) is 5. The van der Waals surface area contributed by atoms with Crippen LogP contribution in [-0.4, -0.2) is 38.0 Å². The number of aliphatic hydroxyl groups is 1.